The fourth-order valence-corrected chi connectivity index (χ4v) is 2.62. The van der Waals surface area contributed by atoms with E-state index in [0.29, 0.717) is 18.4 Å². The van der Waals surface area contributed by atoms with E-state index < -0.39 is 0 Å². The number of hydrogen-bond donors (Lipinski definition) is 0. The Balaban J connectivity index is 2.01. The van der Waals surface area contributed by atoms with Gasteiger partial charge in [0.05, 0.1) is 5.57 Å². The van der Waals surface area contributed by atoms with Gasteiger partial charge in [-0.25, -0.2) is 0 Å². The Morgan fingerprint density at radius 3 is 2.40 bits per heavy atom. The van der Waals surface area contributed by atoms with Gasteiger partial charge in [0, 0.05) is 5.56 Å². The SMILES string of the molecule is O=[C]C1=C(Cc2ccccc2)Cc2ccccc2C1=O. The number of hydrogen-bond acceptors (Lipinski definition) is 2. The van der Waals surface area contributed by atoms with Gasteiger partial charge in [0.1, 0.15) is 0 Å². The average Bonchev–Trinajstić information content (AvgIpc) is 2.49. The summed E-state index contributed by atoms with van der Waals surface area (Å²) in [6.45, 7) is 0. The van der Waals surface area contributed by atoms with Gasteiger partial charge in [0.15, 0.2) is 5.78 Å². The topological polar surface area (TPSA) is 34.1 Å². The normalized spacial score (nSPS) is 14.1. The van der Waals surface area contributed by atoms with Crippen molar-refractivity contribution < 1.29 is 9.59 Å². The monoisotopic (exact) mass is 261 g/mol. The maximum absolute atomic E-state index is 12.3. The first-order valence-corrected chi connectivity index (χ1v) is 6.56. The molecule has 0 aliphatic heterocycles. The summed E-state index contributed by atoms with van der Waals surface area (Å²) in [6, 6.07) is 17.3. The van der Waals surface area contributed by atoms with Crippen LogP contribution >= 0.6 is 0 Å². The standard InChI is InChI=1S/C18H13O2/c19-12-17-15(10-13-6-2-1-3-7-13)11-14-8-4-5-9-16(14)18(17)20/h1-9H,10-11H2. The van der Waals surface area contributed by atoms with Gasteiger partial charge in [0.2, 0.25) is 6.29 Å². The number of carbonyl (C=O) groups excluding carboxylic acids is 2. The fraction of sp³-hybridized carbons (Fsp3) is 0.111. The van der Waals surface area contributed by atoms with E-state index in [-0.39, 0.29) is 11.4 Å². The lowest BCUT2D eigenvalue weighted by molar-refractivity contribution is 0.103. The van der Waals surface area contributed by atoms with Crippen LogP contribution in [0, 0.1) is 0 Å². The van der Waals surface area contributed by atoms with Crippen molar-refractivity contribution in [3.63, 3.8) is 0 Å². The highest BCUT2D eigenvalue weighted by Crippen LogP contribution is 2.27. The van der Waals surface area contributed by atoms with E-state index in [9.17, 15) is 9.59 Å². The van der Waals surface area contributed by atoms with Gasteiger partial charge in [-0.15, -0.1) is 0 Å². The molecule has 0 heterocycles. The van der Waals surface area contributed by atoms with Crippen LogP contribution in [0.15, 0.2) is 65.7 Å². The molecule has 1 radical (unpaired) electrons. The van der Waals surface area contributed by atoms with Crippen molar-refractivity contribution in [3.05, 3.63) is 82.4 Å². The molecule has 0 saturated heterocycles. The zero-order chi connectivity index (χ0) is 13.9. The Hall–Kier alpha value is -2.48. The molecular weight excluding hydrogens is 248 g/mol. The molecule has 0 unspecified atom stereocenters. The molecule has 0 saturated carbocycles. The molecule has 0 N–H and O–H groups in total. The van der Waals surface area contributed by atoms with E-state index in [4.69, 9.17) is 0 Å². The molecule has 0 spiro atoms. The van der Waals surface area contributed by atoms with Gasteiger partial charge in [0.25, 0.3) is 0 Å². The molecule has 2 heteroatoms. The molecule has 0 amide bonds. The highest BCUT2D eigenvalue weighted by Gasteiger charge is 2.25. The lowest BCUT2D eigenvalue weighted by Gasteiger charge is -2.19. The quantitative estimate of drug-likeness (QED) is 0.796. The number of benzene rings is 2. The number of allylic oxidation sites excluding steroid dienone is 2. The number of rotatable bonds is 3. The van der Waals surface area contributed by atoms with Crippen molar-refractivity contribution in [2.24, 2.45) is 0 Å². The molecule has 2 aromatic carbocycles. The second-order valence-electron chi connectivity index (χ2n) is 4.91. The van der Waals surface area contributed by atoms with Crippen LogP contribution in [0.2, 0.25) is 0 Å². The summed E-state index contributed by atoms with van der Waals surface area (Å²) < 4.78 is 0. The molecule has 0 bridgehead atoms. The van der Waals surface area contributed by atoms with E-state index in [1.54, 1.807) is 6.07 Å². The average molecular weight is 261 g/mol. The summed E-state index contributed by atoms with van der Waals surface area (Å²) in [5.74, 6) is -0.201. The van der Waals surface area contributed by atoms with E-state index >= 15 is 0 Å². The Labute approximate surface area is 117 Å². The highest BCUT2D eigenvalue weighted by molar-refractivity contribution is 6.22. The van der Waals surface area contributed by atoms with Crippen molar-refractivity contribution in [1.82, 2.24) is 0 Å². The maximum atomic E-state index is 12.3. The molecule has 1 aliphatic carbocycles. The number of ketones is 1. The zero-order valence-electron chi connectivity index (χ0n) is 10.9. The van der Waals surface area contributed by atoms with Gasteiger partial charge in [-0.2, -0.15) is 0 Å². The molecule has 20 heavy (non-hydrogen) atoms. The predicted octanol–water partition coefficient (Wildman–Crippen LogP) is 3.07. The lowest BCUT2D eigenvalue weighted by Crippen LogP contribution is -2.18. The largest absolute Gasteiger partial charge is 0.288 e. The third-order valence-electron chi connectivity index (χ3n) is 3.61. The van der Waals surface area contributed by atoms with Crippen LogP contribution in [-0.4, -0.2) is 12.1 Å². The van der Waals surface area contributed by atoms with E-state index in [2.05, 4.69) is 0 Å². The summed E-state index contributed by atoms with van der Waals surface area (Å²) in [5, 5.41) is 0. The van der Waals surface area contributed by atoms with Crippen LogP contribution in [-0.2, 0) is 17.6 Å². The van der Waals surface area contributed by atoms with E-state index in [1.165, 1.54) is 0 Å². The van der Waals surface area contributed by atoms with Crippen molar-refractivity contribution in [2.75, 3.05) is 0 Å². The summed E-state index contributed by atoms with van der Waals surface area (Å²) >= 11 is 0. The minimum atomic E-state index is -0.201. The van der Waals surface area contributed by atoms with E-state index in [0.717, 1.165) is 16.7 Å². The predicted molar refractivity (Wildman–Crippen MR) is 77.3 cm³/mol. The van der Waals surface area contributed by atoms with Crippen molar-refractivity contribution in [3.8, 4) is 0 Å². The first-order valence-electron chi connectivity index (χ1n) is 6.56. The molecule has 2 nitrogen and oxygen atoms in total. The lowest BCUT2D eigenvalue weighted by atomic mass is 9.83. The Morgan fingerprint density at radius 1 is 0.950 bits per heavy atom. The van der Waals surface area contributed by atoms with Gasteiger partial charge >= 0.3 is 0 Å². The van der Waals surface area contributed by atoms with E-state index in [1.807, 2.05) is 54.8 Å². The second-order valence-corrected chi connectivity index (χ2v) is 4.91. The van der Waals surface area contributed by atoms with Gasteiger partial charge in [-0.3, -0.25) is 9.59 Å². The van der Waals surface area contributed by atoms with Crippen LogP contribution in [0.4, 0.5) is 0 Å². The van der Waals surface area contributed by atoms with Crippen LogP contribution < -0.4 is 0 Å². The number of carbonyl (C=O) groups is 1. The summed E-state index contributed by atoms with van der Waals surface area (Å²) in [7, 11) is 0. The summed E-state index contributed by atoms with van der Waals surface area (Å²) in [4.78, 5) is 23.5. The summed E-state index contributed by atoms with van der Waals surface area (Å²) in [5.41, 5.74) is 3.77. The third kappa shape index (κ3) is 2.21. The second kappa shape index (κ2) is 5.25. The van der Waals surface area contributed by atoms with Crippen LogP contribution in [0.1, 0.15) is 21.5 Å². The van der Waals surface area contributed by atoms with Crippen LogP contribution in [0.3, 0.4) is 0 Å². The smallest absolute Gasteiger partial charge is 0.237 e. The molecule has 0 atom stereocenters. The Kier molecular flexibility index (Phi) is 3.30. The molecule has 2 aromatic rings. The zero-order valence-corrected chi connectivity index (χ0v) is 10.9. The van der Waals surface area contributed by atoms with Gasteiger partial charge in [-0.05, 0) is 29.5 Å². The Bertz CT molecular complexity index is 696. The van der Waals surface area contributed by atoms with Crippen molar-refractivity contribution in [1.29, 1.82) is 0 Å². The molecule has 1 aliphatic rings. The molecular formula is C18H13O2. The fourth-order valence-electron chi connectivity index (χ4n) is 2.62. The van der Waals surface area contributed by atoms with Gasteiger partial charge in [-0.1, -0.05) is 54.6 Å². The highest BCUT2D eigenvalue weighted by atomic mass is 16.1. The Morgan fingerprint density at radius 2 is 1.65 bits per heavy atom. The van der Waals surface area contributed by atoms with Crippen LogP contribution in [0.25, 0.3) is 0 Å². The minimum absolute atomic E-state index is 0.201. The number of fused-ring (bicyclic) bond motifs is 1. The van der Waals surface area contributed by atoms with Crippen LogP contribution in [0.5, 0.6) is 0 Å². The molecule has 3 rings (SSSR count). The molecule has 97 valence electrons. The first-order chi connectivity index (χ1) is 9.79. The minimum Gasteiger partial charge on any atom is -0.288 e. The van der Waals surface area contributed by atoms with Crippen molar-refractivity contribution in [2.45, 2.75) is 12.8 Å². The third-order valence-corrected chi connectivity index (χ3v) is 3.61. The van der Waals surface area contributed by atoms with Gasteiger partial charge < -0.3 is 0 Å². The first kappa shape index (κ1) is 12.5. The number of Topliss-reactive ketones (excluding diaryl/α,β-unsaturated/α-hetero) is 1. The molecule has 0 fully saturated rings. The maximum Gasteiger partial charge on any atom is 0.237 e. The molecule has 0 aromatic heterocycles. The summed E-state index contributed by atoms with van der Waals surface area (Å²) in [6.07, 6.45) is 3.10. The van der Waals surface area contributed by atoms with Crippen molar-refractivity contribution >= 4 is 12.1 Å².